The van der Waals surface area contributed by atoms with E-state index in [0.29, 0.717) is 6.61 Å². The molecule has 2 heterocycles. The Morgan fingerprint density at radius 1 is 1.71 bits per heavy atom. The van der Waals surface area contributed by atoms with Crippen LogP contribution in [0.1, 0.15) is 37.3 Å². The summed E-state index contributed by atoms with van der Waals surface area (Å²) in [5.41, 5.74) is 0.851. The van der Waals surface area contributed by atoms with Gasteiger partial charge >= 0.3 is 0 Å². The van der Waals surface area contributed by atoms with Gasteiger partial charge in [0.2, 0.25) is 5.91 Å². The lowest BCUT2D eigenvalue weighted by Gasteiger charge is -2.22. The minimum Gasteiger partial charge on any atom is -0.372 e. The fourth-order valence-corrected chi connectivity index (χ4v) is 2.17. The Labute approximate surface area is 101 Å². The summed E-state index contributed by atoms with van der Waals surface area (Å²) in [6, 6.07) is 1.93. The largest absolute Gasteiger partial charge is 0.372 e. The van der Waals surface area contributed by atoms with E-state index in [0.717, 1.165) is 30.8 Å². The van der Waals surface area contributed by atoms with Crippen LogP contribution >= 0.6 is 0 Å². The Morgan fingerprint density at radius 3 is 3.18 bits per heavy atom. The van der Waals surface area contributed by atoms with E-state index in [1.54, 1.807) is 0 Å². The standard InChI is InChI=1S/C12H18N2O3/c1-3-16-8-12(15)14-6-4-5-10(14)11-7-9(2)13-17-11/h7,10H,3-6,8H2,1-2H3. The molecule has 1 aliphatic heterocycles. The number of likely N-dealkylation sites (tertiary alicyclic amines) is 1. The summed E-state index contributed by atoms with van der Waals surface area (Å²) in [4.78, 5) is 13.8. The molecule has 1 amide bonds. The normalized spacial score (nSPS) is 19.9. The predicted molar refractivity (Wildman–Crippen MR) is 61.4 cm³/mol. The second kappa shape index (κ2) is 5.31. The number of hydrogen-bond donors (Lipinski definition) is 0. The van der Waals surface area contributed by atoms with E-state index in [1.165, 1.54) is 0 Å². The molecule has 5 heteroatoms. The molecular formula is C12H18N2O3. The summed E-state index contributed by atoms with van der Waals surface area (Å²) in [5.74, 6) is 0.813. The molecule has 94 valence electrons. The van der Waals surface area contributed by atoms with Crippen LogP contribution in [0.4, 0.5) is 0 Å². The molecule has 0 aromatic carbocycles. The monoisotopic (exact) mass is 238 g/mol. The second-order valence-electron chi connectivity index (χ2n) is 4.25. The molecule has 0 bridgehead atoms. The molecular weight excluding hydrogens is 220 g/mol. The molecule has 1 fully saturated rings. The molecule has 1 saturated heterocycles. The predicted octanol–water partition coefficient (Wildman–Crippen LogP) is 1.68. The SMILES string of the molecule is CCOCC(=O)N1CCCC1c1cc(C)no1. The first kappa shape index (κ1) is 12.1. The molecule has 1 unspecified atom stereocenters. The number of carbonyl (C=O) groups excluding carboxylic acids is 1. The van der Waals surface area contributed by atoms with Crippen molar-refractivity contribution >= 4 is 5.91 Å². The van der Waals surface area contributed by atoms with Crippen molar-refractivity contribution in [2.75, 3.05) is 19.8 Å². The van der Waals surface area contributed by atoms with E-state index in [2.05, 4.69) is 5.16 Å². The minimum atomic E-state index is 0.0309. The molecule has 0 N–H and O–H groups in total. The van der Waals surface area contributed by atoms with Gasteiger partial charge in [0.25, 0.3) is 0 Å². The van der Waals surface area contributed by atoms with Gasteiger partial charge in [0.15, 0.2) is 5.76 Å². The average Bonchev–Trinajstić information content (AvgIpc) is 2.93. The van der Waals surface area contributed by atoms with E-state index < -0.39 is 0 Å². The Hall–Kier alpha value is -1.36. The highest BCUT2D eigenvalue weighted by molar-refractivity contribution is 5.78. The maximum Gasteiger partial charge on any atom is 0.249 e. The lowest BCUT2D eigenvalue weighted by molar-refractivity contribution is -0.137. The summed E-state index contributed by atoms with van der Waals surface area (Å²) in [6.07, 6.45) is 1.94. The third-order valence-corrected chi connectivity index (χ3v) is 2.98. The number of hydrogen-bond acceptors (Lipinski definition) is 4. The molecule has 0 aliphatic carbocycles. The molecule has 1 aliphatic rings. The van der Waals surface area contributed by atoms with Crippen LogP contribution in [0.25, 0.3) is 0 Å². The lowest BCUT2D eigenvalue weighted by Crippen LogP contribution is -2.33. The van der Waals surface area contributed by atoms with Gasteiger partial charge in [0, 0.05) is 19.2 Å². The van der Waals surface area contributed by atoms with Gasteiger partial charge in [-0.25, -0.2) is 0 Å². The smallest absolute Gasteiger partial charge is 0.249 e. The van der Waals surface area contributed by atoms with Crippen molar-refractivity contribution in [3.05, 3.63) is 17.5 Å². The van der Waals surface area contributed by atoms with Gasteiger partial charge in [-0.15, -0.1) is 0 Å². The van der Waals surface area contributed by atoms with Crippen molar-refractivity contribution in [3.63, 3.8) is 0 Å². The first-order chi connectivity index (χ1) is 8.22. The van der Waals surface area contributed by atoms with Gasteiger partial charge in [0.05, 0.1) is 11.7 Å². The Bertz CT molecular complexity index is 389. The number of aryl methyl sites for hydroxylation is 1. The molecule has 0 saturated carbocycles. The minimum absolute atomic E-state index is 0.0309. The summed E-state index contributed by atoms with van der Waals surface area (Å²) in [7, 11) is 0. The zero-order chi connectivity index (χ0) is 12.3. The zero-order valence-electron chi connectivity index (χ0n) is 10.3. The third-order valence-electron chi connectivity index (χ3n) is 2.98. The van der Waals surface area contributed by atoms with Crippen molar-refractivity contribution in [2.45, 2.75) is 32.7 Å². The van der Waals surface area contributed by atoms with Gasteiger partial charge in [-0.3, -0.25) is 4.79 Å². The molecule has 2 rings (SSSR count). The number of amides is 1. The molecule has 0 radical (unpaired) electrons. The average molecular weight is 238 g/mol. The van der Waals surface area contributed by atoms with Crippen LogP contribution in [0.3, 0.4) is 0 Å². The first-order valence-corrected chi connectivity index (χ1v) is 6.02. The Balaban J connectivity index is 2.04. The van der Waals surface area contributed by atoms with Crippen molar-refractivity contribution in [2.24, 2.45) is 0 Å². The number of carbonyl (C=O) groups is 1. The van der Waals surface area contributed by atoms with E-state index in [4.69, 9.17) is 9.26 Å². The van der Waals surface area contributed by atoms with Crippen LogP contribution in [-0.2, 0) is 9.53 Å². The number of nitrogens with zero attached hydrogens (tertiary/aromatic N) is 2. The highest BCUT2D eigenvalue weighted by Gasteiger charge is 2.32. The van der Waals surface area contributed by atoms with Gasteiger partial charge in [-0.05, 0) is 26.7 Å². The molecule has 17 heavy (non-hydrogen) atoms. The maximum absolute atomic E-state index is 11.9. The zero-order valence-corrected chi connectivity index (χ0v) is 10.3. The third kappa shape index (κ3) is 2.66. The van der Waals surface area contributed by atoms with Crippen molar-refractivity contribution in [1.82, 2.24) is 10.1 Å². The molecule has 0 spiro atoms. The molecule has 1 aromatic heterocycles. The van der Waals surface area contributed by atoms with Crippen LogP contribution in [0.2, 0.25) is 0 Å². The fraction of sp³-hybridized carbons (Fsp3) is 0.667. The van der Waals surface area contributed by atoms with Crippen LogP contribution in [-0.4, -0.2) is 35.7 Å². The van der Waals surface area contributed by atoms with Crippen molar-refractivity contribution in [3.8, 4) is 0 Å². The number of ether oxygens (including phenoxy) is 1. The van der Waals surface area contributed by atoms with E-state index in [-0.39, 0.29) is 18.6 Å². The second-order valence-corrected chi connectivity index (χ2v) is 4.25. The van der Waals surface area contributed by atoms with Crippen LogP contribution in [0.5, 0.6) is 0 Å². The topological polar surface area (TPSA) is 55.6 Å². The van der Waals surface area contributed by atoms with Gasteiger partial charge in [-0.1, -0.05) is 5.16 Å². The quantitative estimate of drug-likeness (QED) is 0.800. The molecule has 1 aromatic rings. The van der Waals surface area contributed by atoms with E-state index >= 15 is 0 Å². The lowest BCUT2D eigenvalue weighted by atomic mass is 10.1. The number of rotatable bonds is 4. The van der Waals surface area contributed by atoms with Crippen molar-refractivity contribution < 1.29 is 14.1 Å². The summed E-state index contributed by atoms with van der Waals surface area (Å²) < 4.78 is 10.4. The van der Waals surface area contributed by atoms with E-state index in [9.17, 15) is 4.79 Å². The van der Waals surface area contributed by atoms with E-state index in [1.807, 2.05) is 24.8 Å². The Kier molecular flexibility index (Phi) is 3.78. The Morgan fingerprint density at radius 2 is 2.53 bits per heavy atom. The summed E-state index contributed by atoms with van der Waals surface area (Å²) >= 11 is 0. The van der Waals surface area contributed by atoms with Gasteiger partial charge in [0.1, 0.15) is 6.61 Å². The van der Waals surface area contributed by atoms with Gasteiger partial charge in [-0.2, -0.15) is 0 Å². The number of aromatic nitrogens is 1. The summed E-state index contributed by atoms with van der Waals surface area (Å²) in [5, 5.41) is 3.87. The maximum atomic E-state index is 11.9. The van der Waals surface area contributed by atoms with Crippen LogP contribution in [0, 0.1) is 6.92 Å². The highest BCUT2D eigenvalue weighted by atomic mass is 16.5. The van der Waals surface area contributed by atoms with Crippen molar-refractivity contribution in [1.29, 1.82) is 0 Å². The van der Waals surface area contributed by atoms with Crippen LogP contribution in [0.15, 0.2) is 10.6 Å². The highest BCUT2D eigenvalue weighted by Crippen LogP contribution is 2.32. The fourth-order valence-electron chi connectivity index (χ4n) is 2.17. The summed E-state index contributed by atoms with van der Waals surface area (Å²) in [6.45, 7) is 5.25. The first-order valence-electron chi connectivity index (χ1n) is 6.02. The molecule has 5 nitrogen and oxygen atoms in total. The van der Waals surface area contributed by atoms with Crippen LogP contribution < -0.4 is 0 Å². The van der Waals surface area contributed by atoms with Gasteiger partial charge < -0.3 is 14.2 Å². The molecule has 1 atom stereocenters.